The van der Waals surface area contributed by atoms with Gasteiger partial charge in [-0.15, -0.1) is 11.3 Å². The summed E-state index contributed by atoms with van der Waals surface area (Å²) in [6, 6.07) is 4.53. The van der Waals surface area contributed by atoms with Crippen molar-refractivity contribution in [3.8, 4) is 5.69 Å². The molecule has 1 aliphatic carbocycles. The molecule has 1 aliphatic rings. The van der Waals surface area contributed by atoms with E-state index in [1.54, 1.807) is 0 Å². The molecule has 0 saturated heterocycles. The highest BCUT2D eigenvalue weighted by atomic mass is 32.1. The first-order chi connectivity index (χ1) is 14.0. The Hall–Kier alpha value is -2.89. The first-order valence-electron chi connectivity index (χ1n) is 8.63. The van der Waals surface area contributed by atoms with Gasteiger partial charge in [0, 0.05) is 11.3 Å². The maximum absolute atomic E-state index is 13.0. The SMILES string of the molecule is O=C(Nc1nc(C(F)(F)F)cs1)c1cnn(-c2cccc(C(F)(F)F)c2)c1C1CC1. The molecule has 1 N–H and O–H groups in total. The van der Waals surface area contributed by atoms with Gasteiger partial charge >= 0.3 is 12.4 Å². The molecule has 12 heteroatoms. The van der Waals surface area contributed by atoms with Gasteiger partial charge in [0.05, 0.1) is 28.7 Å². The molecule has 0 aliphatic heterocycles. The quantitative estimate of drug-likeness (QED) is 0.539. The number of halogens is 6. The largest absolute Gasteiger partial charge is 0.434 e. The highest BCUT2D eigenvalue weighted by molar-refractivity contribution is 7.14. The molecule has 4 rings (SSSR count). The van der Waals surface area contributed by atoms with Crippen molar-refractivity contribution in [3.05, 3.63) is 58.4 Å². The molecule has 0 radical (unpaired) electrons. The molecule has 0 bridgehead atoms. The lowest BCUT2D eigenvalue weighted by Crippen LogP contribution is -2.15. The topological polar surface area (TPSA) is 59.8 Å². The molecule has 5 nitrogen and oxygen atoms in total. The van der Waals surface area contributed by atoms with Crippen molar-refractivity contribution >= 4 is 22.4 Å². The van der Waals surface area contributed by atoms with Gasteiger partial charge in [-0.1, -0.05) is 6.07 Å². The van der Waals surface area contributed by atoms with E-state index < -0.39 is 29.5 Å². The monoisotopic (exact) mass is 446 g/mol. The Morgan fingerprint density at radius 3 is 2.47 bits per heavy atom. The second-order valence-electron chi connectivity index (χ2n) is 6.67. The molecule has 1 aromatic carbocycles. The summed E-state index contributed by atoms with van der Waals surface area (Å²) in [6.07, 6.45) is -6.53. The van der Waals surface area contributed by atoms with Crippen molar-refractivity contribution in [3.63, 3.8) is 0 Å². The number of carbonyl (C=O) groups is 1. The minimum atomic E-state index is -4.63. The molecular formula is C18H12F6N4OS. The summed E-state index contributed by atoms with van der Waals surface area (Å²) >= 11 is 0.622. The second kappa shape index (κ2) is 7.11. The van der Waals surface area contributed by atoms with E-state index in [4.69, 9.17) is 0 Å². The molecule has 0 spiro atoms. The summed E-state index contributed by atoms with van der Waals surface area (Å²) in [5, 5.41) is 6.92. The van der Waals surface area contributed by atoms with Gasteiger partial charge in [-0.05, 0) is 31.0 Å². The number of hydrogen-bond donors (Lipinski definition) is 1. The Morgan fingerprint density at radius 2 is 1.87 bits per heavy atom. The van der Waals surface area contributed by atoms with Crippen LogP contribution in [0.4, 0.5) is 31.5 Å². The summed E-state index contributed by atoms with van der Waals surface area (Å²) in [4.78, 5) is 16.0. The van der Waals surface area contributed by atoms with Gasteiger partial charge in [0.2, 0.25) is 0 Å². The van der Waals surface area contributed by atoms with Gasteiger partial charge in [-0.2, -0.15) is 31.4 Å². The Kier molecular flexibility index (Phi) is 4.83. The normalized spacial score (nSPS) is 14.7. The van der Waals surface area contributed by atoms with Crippen LogP contribution in [0.3, 0.4) is 0 Å². The van der Waals surface area contributed by atoms with Gasteiger partial charge in [-0.25, -0.2) is 9.67 Å². The third kappa shape index (κ3) is 4.04. The molecule has 2 heterocycles. The third-order valence-electron chi connectivity index (χ3n) is 4.45. The van der Waals surface area contributed by atoms with Crippen molar-refractivity contribution in [2.75, 3.05) is 5.32 Å². The molecule has 158 valence electrons. The number of anilines is 1. The van der Waals surface area contributed by atoms with Gasteiger partial charge in [0.25, 0.3) is 5.91 Å². The van der Waals surface area contributed by atoms with Crippen LogP contribution in [0.15, 0.2) is 35.8 Å². The number of aromatic nitrogens is 3. The van der Waals surface area contributed by atoms with Crippen LogP contribution in [-0.4, -0.2) is 20.7 Å². The van der Waals surface area contributed by atoms with E-state index in [1.165, 1.54) is 23.0 Å². The molecule has 3 aromatic rings. The fourth-order valence-electron chi connectivity index (χ4n) is 2.93. The van der Waals surface area contributed by atoms with E-state index in [0.717, 1.165) is 30.4 Å². The van der Waals surface area contributed by atoms with E-state index in [2.05, 4.69) is 15.4 Å². The van der Waals surface area contributed by atoms with E-state index >= 15 is 0 Å². The zero-order chi connectivity index (χ0) is 21.7. The molecular weight excluding hydrogens is 434 g/mol. The highest BCUT2D eigenvalue weighted by Crippen LogP contribution is 2.43. The molecule has 30 heavy (non-hydrogen) atoms. The number of benzene rings is 1. The predicted molar refractivity (Wildman–Crippen MR) is 95.6 cm³/mol. The number of hydrogen-bond acceptors (Lipinski definition) is 4. The van der Waals surface area contributed by atoms with Gasteiger partial charge < -0.3 is 0 Å². The van der Waals surface area contributed by atoms with Crippen LogP contribution >= 0.6 is 11.3 Å². The standard InChI is InChI=1S/C18H12F6N4OS/c19-17(20,21)10-2-1-3-11(6-10)28-14(9-4-5-9)12(7-25-28)15(29)27-16-26-13(8-30-16)18(22,23)24/h1-3,6-9H,4-5H2,(H,26,27,29). The molecule has 0 unspecified atom stereocenters. The Labute approximate surface area is 169 Å². The van der Waals surface area contributed by atoms with Gasteiger partial charge in [-0.3, -0.25) is 10.1 Å². The zero-order valence-corrected chi connectivity index (χ0v) is 15.7. The fraction of sp³-hybridized carbons (Fsp3) is 0.278. The number of nitrogens with zero attached hydrogens (tertiary/aromatic N) is 3. The Bertz CT molecular complexity index is 1100. The number of carbonyl (C=O) groups excluding carboxylic acids is 1. The minimum absolute atomic E-state index is 0.0789. The summed E-state index contributed by atoms with van der Waals surface area (Å²) in [5.74, 6) is -0.803. The van der Waals surface area contributed by atoms with E-state index in [1.807, 2.05) is 0 Å². The van der Waals surface area contributed by atoms with Crippen LogP contribution in [0.1, 0.15) is 46.1 Å². The third-order valence-corrected chi connectivity index (χ3v) is 5.21. The van der Waals surface area contributed by atoms with E-state index in [0.29, 0.717) is 17.0 Å². The average molecular weight is 446 g/mol. The lowest BCUT2D eigenvalue weighted by Gasteiger charge is -2.12. The Morgan fingerprint density at radius 1 is 1.13 bits per heavy atom. The van der Waals surface area contributed by atoms with Crippen LogP contribution in [0.5, 0.6) is 0 Å². The van der Waals surface area contributed by atoms with Crippen molar-refractivity contribution in [1.82, 2.24) is 14.8 Å². The predicted octanol–water partition coefficient (Wildman–Crippen LogP) is 5.50. The van der Waals surface area contributed by atoms with Crippen LogP contribution in [0.25, 0.3) is 5.69 Å². The molecule has 1 amide bonds. The number of amides is 1. The average Bonchev–Trinajstić information content (AvgIpc) is 3.21. The smallest absolute Gasteiger partial charge is 0.298 e. The summed E-state index contributed by atoms with van der Waals surface area (Å²) in [7, 11) is 0. The zero-order valence-electron chi connectivity index (χ0n) is 14.9. The van der Waals surface area contributed by atoms with Gasteiger partial charge in [0.1, 0.15) is 0 Å². The van der Waals surface area contributed by atoms with Crippen LogP contribution in [-0.2, 0) is 12.4 Å². The van der Waals surface area contributed by atoms with Crippen molar-refractivity contribution in [2.24, 2.45) is 0 Å². The number of nitrogens with one attached hydrogen (secondary N) is 1. The first kappa shape index (κ1) is 20.4. The molecule has 0 atom stereocenters. The van der Waals surface area contributed by atoms with E-state index in [9.17, 15) is 31.1 Å². The summed E-state index contributed by atoms with van der Waals surface area (Å²) < 4.78 is 78.4. The van der Waals surface area contributed by atoms with Crippen LogP contribution in [0.2, 0.25) is 0 Å². The number of thiazole rings is 1. The molecule has 1 fully saturated rings. The summed E-state index contributed by atoms with van der Waals surface area (Å²) in [6.45, 7) is 0. The van der Waals surface area contributed by atoms with Crippen molar-refractivity contribution in [2.45, 2.75) is 31.1 Å². The molecule has 1 saturated carbocycles. The van der Waals surface area contributed by atoms with E-state index in [-0.39, 0.29) is 22.3 Å². The molecule has 2 aromatic heterocycles. The maximum atomic E-state index is 13.0. The Balaban J connectivity index is 1.65. The maximum Gasteiger partial charge on any atom is 0.434 e. The highest BCUT2D eigenvalue weighted by Gasteiger charge is 2.36. The van der Waals surface area contributed by atoms with Crippen LogP contribution in [0, 0.1) is 0 Å². The lowest BCUT2D eigenvalue weighted by molar-refractivity contribution is -0.140. The number of rotatable bonds is 4. The lowest BCUT2D eigenvalue weighted by atomic mass is 10.1. The minimum Gasteiger partial charge on any atom is -0.298 e. The fourth-order valence-corrected chi connectivity index (χ4v) is 3.64. The van der Waals surface area contributed by atoms with Gasteiger partial charge in [0.15, 0.2) is 10.8 Å². The number of alkyl halides is 6. The second-order valence-corrected chi connectivity index (χ2v) is 7.53. The van der Waals surface area contributed by atoms with Crippen molar-refractivity contribution in [1.29, 1.82) is 0 Å². The summed E-state index contributed by atoms with van der Waals surface area (Å²) in [5.41, 5.74) is -1.34. The van der Waals surface area contributed by atoms with Crippen molar-refractivity contribution < 1.29 is 31.1 Å². The first-order valence-corrected chi connectivity index (χ1v) is 9.51. The van der Waals surface area contributed by atoms with Crippen LogP contribution < -0.4 is 5.32 Å².